The number of amides is 1. The molecular formula is C12H15F3N2O. The lowest BCUT2D eigenvalue weighted by atomic mass is 10.1. The summed E-state index contributed by atoms with van der Waals surface area (Å²) in [6, 6.07) is 6.34. The molecule has 6 heteroatoms. The van der Waals surface area contributed by atoms with Crippen molar-refractivity contribution in [1.82, 2.24) is 5.32 Å². The molecule has 3 nitrogen and oxygen atoms in total. The molecule has 0 fully saturated rings. The van der Waals surface area contributed by atoms with Gasteiger partial charge in [-0.15, -0.1) is 0 Å². The Hall–Kier alpha value is -1.56. The Morgan fingerprint density at radius 2 is 1.89 bits per heavy atom. The van der Waals surface area contributed by atoms with Crippen LogP contribution in [0.15, 0.2) is 30.3 Å². The van der Waals surface area contributed by atoms with Crippen LogP contribution in [-0.4, -0.2) is 24.7 Å². The summed E-state index contributed by atoms with van der Waals surface area (Å²) in [5.41, 5.74) is 5.65. The molecule has 0 spiro atoms. The third kappa shape index (κ3) is 4.75. The molecule has 0 aromatic heterocycles. The van der Waals surface area contributed by atoms with Crippen molar-refractivity contribution in [2.75, 3.05) is 6.54 Å². The average molecular weight is 260 g/mol. The SMILES string of the molecule is NCCC(=O)NC(Cc1ccccc1)C(F)(F)F. The highest BCUT2D eigenvalue weighted by Crippen LogP contribution is 2.23. The fourth-order valence-corrected chi connectivity index (χ4v) is 1.50. The molecule has 1 atom stereocenters. The Morgan fingerprint density at radius 1 is 1.28 bits per heavy atom. The van der Waals surface area contributed by atoms with Crippen molar-refractivity contribution in [2.45, 2.75) is 25.1 Å². The number of nitrogens with two attached hydrogens (primary N) is 1. The van der Waals surface area contributed by atoms with Crippen molar-refractivity contribution in [3.05, 3.63) is 35.9 Å². The van der Waals surface area contributed by atoms with Crippen molar-refractivity contribution in [2.24, 2.45) is 5.73 Å². The van der Waals surface area contributed by atoms with Crippen LogP contribution in [0.25, 0.3) is 0 Å². The fourth-order valence-electron chi connectivity index (χ4n) is 1.50. The summed E-state index contributed by atoms with van der Waals surface area (Å²) >= 11 is 0. The van der Waals surface area contributed by atoms with E-state index in [1.165, 1.54) is 0 Å². The van der Waals surface area contributed by atoms with Gasteiger partial charge in [-0.25, -0.2) is 0 Å². The predicted octanol–water partition coefficient (Wildman–Crippen LogP) is 1.63. The lowest BCUT2D eigenvalue weighted by Crippen LogP contribution is -2.47. The largest absolute Gasteiger partial charge is 0.408 e. The molecule has 0 aliphatic rings. The van der Waals surface area contributed by atoms with Gasteiger partial charge in [-0.05, 0) is 5.56 Å². The highest BCUT2D eigenvalue weighted by Gasteiger charge is 2.40. The molecule has 1 rings (SSSR count). The Kier molecular flexibility index (Phi) is 5.15. The number of carbonyl (C=O) groups excluding carboxylic acids is 1. The minimum atomic E-state index is -4.47. The molecule has 3 N–H and O–H groups in total. The van der Waals surface area contributed by atoms with E-state index in [1.807, 2.05) is 5.32 Å². The fraction of sp³-hybridized carbons (Fsp3) is 0.417. The Bertz CT molecular complexity index is 379. The zero-order valence-electron chi connectivity index (χ0n) is 9.70. The first kappa shape index (κ1) is 14.5. The van der Waals surface area contributed by atoms with Crippen LogP contribution in [-0.2, 0) is 11.2 Å². The molecule has 1 unspecified atom stereocenters. The van der Waals surface area contributed by atoms with Gasteiger partial charge in [-0.1, -0.05) is 30.3 Å². The van der Waals surface area contributed by atoms with Crippen LogP contribution in [0.4, 0.5) is 13.2 Å². The molecule has 0 aliphatic carbocycles. The van der Waals surface area contributed by atoms with Crippen molar-refractivity contribution in [3.8, 4) is 0 Å². The topological polar surface area (TPSA) is 55.1 Å². The van der Waals surface area contributed by atoms with Crippen LogP contribution in [0.5, 0.6) is 0 Å². The van der Waals surface area contributed by atoms with E-state index in [0.717, 1.165) is 0 Å². The molecule has 0 saturated carbocycles. The average Bonchev–Trinajstić information content (AvgIpc) is 2.28. The van der Waals surface area contributed by atoms with E-state index in [1.54, 1.807) is 30.3 Å². The molecule has 0 bridgehead atoms. The van der Waals surface area contributed by atoms with Gasteiger partial charge in [0.15, 0.2) is 0 Å². The molecule has 0 aliphatic heterocycles. The van der Waals surface area contributed by atoms with Crippen LogP contribution in [0.3, 0.4) is 0 Å². The number of alkyl halides is 3. The van der Waals surface area contributed by atoms with Crippen LogP contribution in [0, 0.1) is 0 Å². The third-order valence-electron chi connectivity index (χ3n) is 2.38. The van der Waals surface area contributed by atoms with E-state index >= 15 is 0 Å². The third-order valence-corrected chi connectivity index (χ3v) is 2.38. The molecule has 1 aromatic carbocycles. The quantitative estimate of drug-likeness (QED) is 0.845. The minimum absolute atomic E-state index is 0.0295. The smallest absolute Gasteiger partial charge is 0.344 e. The second kappa shape index (κ2) is 6.39. The molecule has 0 saturated heterocycles. The van der Waals surface area contributed by atoms with Gasteiger partial charge in [0.05, 0.1) is 0 Å². The van der Waals surface area contributed by atoms with Crippen molar-refractivity contribution >= 4 is 5.91 Å². The Morgan fingerprint density at radius 3 is 2.39 bits per heavy atom. The van der Waals surface area contributed by atoms with Gasteiger partial charge in [0.1, 0.15) is 6.04 Å². The highest BCUT2D eigenvalue weighted by atomic mass is 19.4. The lowest BCUT2D eigenvalue weighted by Gasteiger charge is -2.21. The van der Waals surface area contributed by atoms with E-state index in [9.17, 15) is 18.0 Å². The second-order valence-electron chi connectivity index (χ2n) is 3.89. The van der Waals surface area contributed by atoms with Crippen molar-refractivity contribution in [3.63, 3.8) is 0 Å². The molecule has 1 amide bonds. The van der Waals surface area contributed by atoms with E-state index in [0.29, 0.717) is 5.56 Å². The zero-order valence-corrected chi connectivity index (χ0v) is 9.70. The van der Waals surface area contributed by atoms with Gasteiger partial charge in [-0.3, -0.25) is 4.79 Å². The number of rotatable bonds is 5. The molecular weight excluding hydrogens is 245 g/mol. The summed E-state index contributed by atoms with van der Waals surface area (Å²) in [7, 11) is 0. The monoisotopic (exact) mass is 260 g/mol. The maximum Gasteiger partial charge on any atom is 0.408 e. The lowest BCUT2D eigenvalue weighted by molar-refractivity contribution is -0.161. The first-order valence-electron chi connectivity index (χ1n) is 5.53. The van der Waals surface area contributed by atoms with Gasteiger partial charge in [0, 0.05) is 19.4 Å². The van der Waals surface area contributed by atoms with Crippen LogP contribution < -0.4 is 11.1 Å². The summed E-state index contributed by atoms with van der Waals surface area (Å²) in [4.78, 5) is 11.2. The normalized spacial score (nSPS) is 13.1. The highest BCUT2D eigenvalue weighted by molar-refractivity contribution is 5.76. The summed E-state index contributed by atoms with van der Waals surface area (Å²) in [5.74, 6) is -0.684. The summed E-state index contributed by atoms with van der Waals surface area (Å²) in [6.45, 7) is 0.0295. The zero-order chi connectivity index (χ0) is 13.6. The van der Waals surface area contributed by atoms with Crippen molar-refractivity contribution < 1.29 is 18.0 Å². The van der Waals surface area contributed by atoms with Crippen LogP contribution in [0.2, 0.25) is 0 Å². The molecule has 1 aromatic rings. The van der Waals surface area contributed by atoms with Gasteiger partial charge in [0.2, 0.25) is 5.91 Å². The summed E-state index contributed by atoms with van der Waals surface area (Å²) in [5, 5.41) is 1.96. The van der Waals surface area contributed by atoms with Gasteiger partial charge in [-0.2, -0.15) is 13.2 Å². The summed E-state index contributed by atoms with van der Waals surface area (Å²) < 4.78 is 38.3. The number of nitrogens with one attached hydrogen (secondary N) is 1. The van der Waals surface area contributed by atoms with Gasteiger partial charge in [0.25, 0.3) is 0 Å². The van der Waals surface area contributed by atoms with Crippen molar-refractivity contribution in [1.29, 1.82) is 0 Å². The number of benzene rings is 1. The van der Waals surface area contributed by atoms with E-state index in [-0.39, 0.29) is 19.4 Å². The number of hydrogen-bond acceptors (Lipinski definition) is 2. The maximum absolute atomic E-state index is 12.8. The van der Waals surface area contributed by atoms with Gasteiger partial charge >= 0.3 is 6.18 Å². The molecule has 100 valence electrons. The van der Waals surface area contributed by atoms with E-state index in [2.05, 4.69) is 0 Å². The predicted molar refractivity (Wildman–Crippen MR) is 61.8 cm³/mol. The van der Waals surface area contributed by atoms with Gasteiger partial charge < -0.3 is 11.1 Å². The van der Waals surface area contributed by atoms with Crippen LogP contribution in [0.1, 0.15) is 12.0 Å². The van der Waals surface area contributed by atoms with Crippen LogP contribution >= 0.6 is 0 Å². The first-order chi connectivity index (χ1) is 8.43. The van der Waals surface area contributed by atoms with E-state index in [4.69, 9.17) is 5.73 Å². The Balaban J connectivity index is 2.71. The first-order valence-corrected chi connectivity index (χ1v) is 5.53. The number of halogens is 3. The van der Waals surface area contributed by atoms with E-state index < -0.39 is 18.1 Å². The summed E-state index contributed by atoms with van der Waals surface area (Å²) in [6.07, 6.45) is -4.86. The standard InChI is InChI=1S/C12H15F3N2O/c13-12(14,15)10(17-11(18)6-7-16)8-9-4-2-1-3-5-9/h1-5,10H,6-8,16H2,(H,17,18). The molecule has 0 heterocycles. The molecule has 18 heavy (non-hydrogen) atoms. The minimum Gasteiger partial charge on any atom is -0.344 e. The molecule has 0 radical (unpaired) electrons. The second-order valence-corrected chi connectivity index (χ2v) is 3.89. The number of carbonyl (C=O) groups is 1. The number of hydrogen-bond donors (Lipinski definition) is 2. The Labute approximate surface area is 103 Å². The maximum atomic E-state index is 12.8.